The number of hydrogen-bond acceptors (Lipinski definition) is 5. The van der Waals surface area contributed by atoms with Gasteiger partial charge in [0.2, 0.25) is 5.95 Å². The van der Waals surface area contributed by atoms with Crippen molar-refractivity contribution in [2.24, 2.45) is 0 Å². The molecule has 3 aromatic rings. The first kappa shape index (κ1) is 13.0. The second-order valence-corrected chi connectivity index (χ2v) is 4.77. The molecule has 0 fully saturated rings. The summed E-state index contributed by atoms with van der Waals surface area (Å²) in [5, 5.41) is 7.49. The Balaban J connectivity index is 1.83. The van der Waals surface area contributed by atoms with Crippen LogP contribution >= 0.6 is 22.6 Å². The number of benzene rings is 1. The third-order valence-corrected chi connectivity index (χ3v) is 3.38. The number of aromatic nitrogens is 5. The van der Waals surface area contributed by atoms with Crippen molar-refractivity contribution in [3.05, 3.63) is 54.7 Å². The van der Waals surface area contributed by atoms with Gasteiger partial charge in [-0.15, -0.1) is 5.10 Å². The molecule has 0 aliphatic heterocycles. The molecule has 2 aromatic heterocycles. The van der Waals surface area contributed by atoms with E-state index in [4.69, 9.17) is 0 Å². The van der Waals surface area contributed by atoms with Gasteiger partial charge in [-0.1, -0.05) is 40.8 Å². The van der Waals surface area contributed by atoms with Crippen molar-refractivity contribution in [2.75, 3.05) is 5.32 Å². The standard InChI is InChI=1S/C13H11IN6/c14-7-11-6-12(16-8-15-11)20-9-17-13(19-20)18-10-4-2-1-3-5-10/h1-6,8-9H,7H2,(H,18,19). The number of halogens is 1. The van der Waals surface area contributed by atoms with E-state index in [9.17, 15) is 0 Å². The van der Waals surface area contributed by atoms with Crippen LogP contribution < -0.4 is 5.32 Å². The first-order valence-corrected chi connectivity index (χ1v) is 7.49. The fraction of sp³-hybridized carbons (Fsp3) is 0.0769. The lowest BCUT2D eigenvalue weighted by Gasteiger charge is -2.01. The molecule has 2 heterocycles. The molecule has 0 amide bonds. The second kappa shape index (κ2) is 5.95. The highest BCUT2D eigenvalue weighted by Gasteiger charge is 2.05. The number of anilines is 2. The number of para-hydroxylation sites is 1. The molecule has 0 aliphatic carbocycles. The van der Waals surface area contributed by atoms with Gasteiger partial charge >= 0.3 is 0 Å². The Morgan fingerprint density at radius 2 is 1.95 bits per heavy atom. The molecule has 0 atom stereocenters. The number of rotatable bonds is 4. The zero-order valence-electron chi connectivity index (χ0n) is 10.4. The van der Waals surface area contributed by atoms with Gasteiger partial charge < -0.3 is 5.32 Å². The molecule has 0 unspecified atom stereocenters. The van der Waals surface area contributed by atoms with Crippen LogP contribution in [0.25, 0.3) is 5.82 Å². The molecule has 0 radical (unpaired) electrons. The van der Waals surface area contributed by atoms with Crippen molar-refractivity contribution in [3.8, 4) is 5.82 Å². The summed E-state index contributed by atoms with van der Waals surface area (Å²) in [5.41, 5.74) is 1.91. The quantitative estimate of drug-likeness (QED) is 0.559. The molecule has 1 aromatic carbocycles. The minimum absolute atomic E-state index is 0.533. The molecular weight excluding hydrogens is 367 g/mol. The minimum atomic E-state index is 0.533. The highest BCUT2D eigenvalue weighted by molar-refractivity contribution is 14.1. The van der Waals surface area contributed by atoms with Gasteiger partial charge in [0, 0.05) is 16.2 Å². The summed E-state index contributed by atoms with van der Waals surface area (Å²) in [6, 6.07) is 11.7. The first-order chi connectivity index (χ1) is 9.85. The van der Waals surface area contributed by atoms with Gasteiger partial charge in [0.15, 0.2) is 5.82 Å². The summed E-state index contributed by atoms with van der Waals surface area (Å²) < 4.78 is 2.46. The molecule has 100 valence electrons. The topological polar surface area (TPSA) is 68.5 Å². The van der Waals surface area contributed by atoms with Crippen molar-refractivity contribution in [2.45, 2.75) is 4.43 Å². The van der Waals surface area contributed by atoms with Crippen LogP contribution in [0.15, 0.2) is 49.1 Å². The van der Waals surface area contributed by atoms with Gasteiger partial charge in [-0.2, -0.15) is 4.98 Å². The van der Waals surface area contributed by atoms with Crippen molar-refractivity contribution in [1.29, 1.82) is 0 Å². The van der Waals surface area contributed by atoms with Gasteiger partial charge in [0.05, 0.1) is 5.69 Å². The normalized spacial score (nSPS) is 10.4. The van der Waals surface area contributed by atoms with Crippen LogP contribution in [0.5, 0.6) is 0 Å². The van der Waals surface area contributed by atoms with Crippen LogP contribution in [0.3, 0.4) is 0 Å². The molecule has 20 heavy (non-hydrogen) atoms. The molecule has 0 aliphatic rings. The first-order valence-electron chi connectivity index (χ1n) is 5.96. The van der Waals surface area contributed by atoms with Crippen molar-refractivity contribution in [1.82, 2.24) is 24.7 Å². The van der Waals surface area contributed by atoms with Gasteiger partial charge in [0.1, 0.15) is 12.7 Å². The van der Waals surface area contributed by atoms with Gasteiger partial charge in [-0.3, -0.25) is 0 Å². The summed E-state index contributed by atoms with van der Waals surface area (Å²) in [6.07, 6.45) is 3.17. The lowest BCUT2D eigenvalue weighted by Crippen LogP contribution is -2.01. The average molecular weight is 378 g/mol. The Bertz CT molecular complexity index is 697. The number of alkyl halides is 1. The van der Waals surface area contributed by atoms with Crippen LogP contribution in [-0.4, -0.2) is 24.7 Å². The van der Waals surface area contributed by atoms with Crippen molar-refractivity contribution in [3.63, 3.8) is 0 Å². The Hall–Kier alpha value is -2.03. The van der Waals surface area contributed by atoms with Crippen LogP contribution in [0.1, 0.15) is 5.69 Å². The summed E-state index contributed by atoms with van der Waals surface area (Å²) in [7, 11) is 0. The lowest BCUT2D eigenvalue weighted by atomic mass is 10.3. The summed E-state index contributed by atoms with van der Waals surface area (Å²) in [5.74, 6) is 1.24. The highest BCUT2D eigenvalue weighted by Crippen LogP contribution is 2.13. The van der Waals surface area contributed by atoms with E-state index in [1.54, 1.807) is 11.0 Å². The molecule has 0 spiro atoms. The summed E-state index contributed by atoms with van der Waals surface area (Å²) in [6.45, 7) is 0. The fourth-order valence-corrected chi connectivity index (χ4v) is 2.08. The van der Waals surface area contributed by atoms with Crippen LogP contribution in [0, 0.1) is 0 Å². The predicted octanol–water partition coefficient (Wildman–Crippen LogP) is 2.74. The highest BCUT2D eigenvalue weighted by atomic mass is 127. The molecule has 1 N–H and O–H groups in total. The molecule has 0 saturated heterocycles. The molecule has 7 heteroatoms. The zero-order chi connectivity index (χ0) is 13.8. The lowest BCUT2D eigenvalue weighted by molar-refractivity contribution is 0.835. The van der Waals surface area contributed by atoms with E-state index < -0.39 is 0 Å². The monoisotopic (exact) mass is 378 g/mol. The average Bonchev–Trinajstić information content (AvgIpc) is 2.97. The Morgan fingerprint density at radius 1 is 1.10 bits per heavy atom. The van der Waals surface area contributed by atoms with Gasteiger partial charge in [-0.25, -0.2) is 14.6 Å². The summed E-state index contributed by atoms with van der Waals surface area (Å²) >= 11 is 2.26. The fourth-order valence-electron chi connectivity index (χ4n) is 1.67. The van der Waals surface area contributed by atoms with Crippen molar-refractivity contribution >= 4 is 34.2 Å². The third-order valence-electron chi connectivity index (χ3n) is 2.60. The van der Waals surface area contributed by atoms with E-state index in [0.29, 0.717) is 11.8 Å². The summed E-state index contributed by atoms with van der Waals surface area (Å²) in [4.78, 5) is 12.6. The van der Waals surface area contributed by atoms with E-state index in [0.717, 1.165) is 15.8 Å². The molecule has 3 rings (SSSR count). The largest absolute Gasteiger partial charge is 0.323 e. The van der Waals surface area contributed by atoms with Crippen LogP contribution in [0.4, 0.5) is 11.6 Å². The van der Waals surface area contributed by atoms with Crippen LogP contribution in [-0.2, 0) is 4.43 Å². The molecule has 0 bridgehead atoms. The van der Waals surface area contributed by atoms with Crippen molar-refractivity contribution < 1.29 is 0 Å². The maximum Gasteiger partial charge on any atom is 0.247 e. The Kier molecular flexibility index (Phi) is 3.86. The molecule has 6 nitrogen and oxygen atoms in total. The number of nitrogens with zero attached hydrogens (tertiary/aromatic N) is 5. The maximum absolute atomic E-state index is 4.35. The van der Waals surface area contributed by atoms with E-state index in [1.807, 2.05) is 36.4 Å². The number of hydrogen-bond donors (Lipinski definition) is 1. The van der Waals surface area contributed by atoms with E-state index in [2.05, 4.69) is 48.0 Å². The maximum atomic E-state index is 4.35. The van der Waals surface area contributed by atoms with Gasteiger partial charge in [-0.05, 0) is 12.1 Å². The third kappa shape index (κ3) is 2.93. The molecule has 0 saturated carbocycles. The Labute approximate surface area is 129 Å². The van der Waals surface area contributed by atoms with Crippen LogP contribution in [0.2, 0.25) is 0 Å². The Morgan fingerprint density at radius 3 is 2.75 bits per heavy atom. The minimum Gasteiger partial charge on any atom is -0.323 e. The number of nitrogens with one attached hydrogen (secondary N) is 1. The van der Waals surface area contributed by atoms with E-state index in [-0.39, 0.29) is 0 Å². The predicted molar refractivity (Wildman–Crippen MR) is 84.4 cm³/mol. The SMILES string of the molecule is ICc1cc(-n2cnc(Nc3ccccc3)n2)ncn1. The van der Waals surface area contributed by atoms with E-state index in [1.165, 1.54) is 6.33 Å². The van der Waals surface area contributed by atoms with E-state index >= 15 is 0 Å². The molecular formula is C13H11IN6. The smallest absolute Gasteiger partial charge is 0.247 e. The van der Waals surface area contributed by atoms with Gasteiger partial charge in [0.25, 0.3) is 0 Å². The second-order valence-electron chi connectivity index (χ2n) is 4.00. The zero-order valence-corrected chi connectivity index (χ0v) is 12.6.